The predicted molar refractivity (Wildman–Crippen MR) is 69.5 cm³/mol. The Balaban J connectivity index is 2.39. The molecular formula is C15H11F2NO. The van der Waals surface area contributed by atoms with Crippen LogP contribution in [-0.2, 0) is 6.54 Å². The first-order valence-electron chi connectivity index (χ1n) is 5.86. The van der Waals surface area contributed by atoms with Crippen molar-refractivity contribution < 1.29 is 13.2 Å². The Labute approximate surface area is 108 Å². The zero-order chi connectivity index (χ0) is 13.4. The van der Waals surface area contributed by atoms with Crippen molar-refractivity contribution in [3.05, 3.63) is 59.9 Å². The van der Waals surface area contributed by atoms with E-state index in [2.05, 4.69) is 0 Å². The average molecular weight is 259 g/mol. The van der Waals surface area contributed by atoms with E-state index in [1.165, 1.54) is 6.07 Å². The average Bonchev–Trinajstić information content (AvgIpc) is 2.78. The summed E-state index contributed by atoms with van der Waals surface area (Å²) >= 11 is 0. The molecule has 0 saturated heterocycles. The van der Waals surface area contributed by atoms with Gasteiger partial charge in [0.25, 0.3) is 0 Å². The molecule has 0 radical (unpaired) electrons. The van der Waals surface area contributed by atoms with Crippen LogP contribution in [0.2, 0.25) is 0 Å². The summed E-state index contributed by atoms with van der Waals surface area (Å²) in [7, 11) is 0. The number of benzene rings is 2. The van der Waals surface area contributed by atoms with Crippen LogP contribution < -0.4 is 5.73 Å². The molecule has 1 aromatic heterocycles. The van der Waals surface area contributed by atoms with Crippen LogP contribution in [0.3, 0.4) is 0 Å². The minimum absolute atomic E-state index is 0.0423. The van der Waals surface area contributed by atoms with Gasteiger partial charge in [0.2, 0.25) is 0 Å². The van der Waals surface area contributed by atoms with Crippen LogP contribution in [0.4, 0.5) is 8.78 Å². The molecular weight excluding hydrogens is 248 g/mol. The van der Waals surface area contributed by atoms with Crippen LogP contribution in [0.5, 0.6) is 0 Å². The van der Waals surface area contributed by atoms with Crippen molar-refractivity contribution in [3.8, 4) is 11.1 Å². The first-order chi connectivity index (χ1) is 9.20. The zero-order valence-electron chi connectivity index (χ0n) is 9.99. The van der Waals surface area contributed by atoms with E-state index in [4.69, 9.17) is 10.2 Å². The first kappa shape index (κ1) is 11.9. The Morgan fingerprint density at radius 3 is 2.47 bits per heavy atom. The quantitative estimate of drug-likeness (QED) is 0.759. The maximum atomic E-state index is 13.7. The van der Waals surface area contributed by atoms with Crippen molar-refractivity contribution in [2.24, 2.45) is 5.73 Å². The molecule has 0 aliphatic rings. The second-order valence-corrected chi connectivity index (χ2v) is 4.23. The van der Waals surface area contributed by atoms with Crippen LogP contribution in [0.25, 0.3) is 22.1 Å². The number of hydrogen-bond donors (Lipinski definition) is 1. The van der Waals surface area contributed by atoms with Crippen LogP contribution in [0.15, 0.2) is 46.9 Å². The van der Waals surface area contributed by atoms with Gasteiger partial charge in [-0.2, -0.15) is 0 Å². The first-order valence-corrected chi connectivity index (χ1v) is 5.86. The molecule has 3 aromatic rings. The monoisotopic (exact) mass is 259 g/mol. The number of nitrogens with two attached hydrogens (primary N) is 1. The highest BCUT2D eigenvalue weighted by Crippen LogP contribution is 2.36. The molecule has 0 spiro atoms. The van der Waals surface area contributed by atoms with Gasteiger partial charge in [0, 0.05) is 17.0 Å². The van der Waals surface area contributed by atoms with Crippen LogP contribution in [0.1, 0.15) is 5.76 Å². The van der Waals surface area contributed by atoms with Gasteiger partial charge in [0.05, 0.1) is 6.54 Å². The summed E-state index contributed by atoms with van der Waals surface area (Å²) in [6.07, 6.45) is 0. The van der Waals surface area contributed by atoms with E-state index in [9.17, 15) is 8.78 Å². The molecule has 0 bridgehead atoms. The lowest BCUT2D eigenvalue weighted by Gasteiger charge is -2.01. The SMILES string of the molecule is NCc1oc2c(F)cc(F)cc2c1-c1ccccc1. The molecule has 3 rings (SSSR count). The van der Waals surface area contributed by atoms with Gasteiger partial charge >= 0.3 is 0 Å². The molecule has 2 N–H and O–H groups in total. The molecule has 2 aromatic carbocycles. The lowest BCUT2D eigenvalue weighted by Crippen LogP contribution is -1.95. The fraction of sp³-hybridized carbons (Fsp3) is 0.0667. The molecule has 0 atom stereocenters. The molecule has 0 amide bonds. The summed E-state index contributed by atoms with van der Waals surface area (Å²) in [5.41, 5.74) is 7.15. The van der Waals surface area contributed by atoms with Crippen molar-refractivity contribution in [2.75, 3.05) is 0 Å². The molecule has 96 valence electrons. The van der Waals surface area contributed by atoms with Crippen molar-refractivity contribution in [1.29, 1.82) is 0 Å². The second-order valence-electron chi connectivity index (χ2n) is 4.23. The Hall–Kier alpha value is -2.20. The fourth-order valence-electron chi connectivity index (χ4n) is 2.24. The summed E-state index contributed by atoms with van der Waals surface area (Å²) in [6, 6.07) is 11.4. The second kappa shape index (κ2) is 4.48. The number of rotatable bonds is 2. The van der Waals surface area contributed by atoms with Gasteiger partial charge in [-0.15, -0.1) is 0 Å². The summed E-state index contributed by atoms with van der Waals surface area (Å²) < 4.78 is 32.5. The normalized spacial score (nSPS) is 11.1. The molecule has 0 aliphatic carbocycles. The minimum atomic E-state index is -0.716. The Morgan fingerprint density at radius 2 is 1.79 bits per heavy atom. The highest BCUT2D eigenvalue weighted by molar-refractivity contribution is 5.96. The molecule has 2 nitrogen and oxygen atoms in total. The maximum absolute atomic E-state index is 13.7. The lowest BCUT2D eigenvalue weighted by atomic mass is 10.0. The molecule has 4 heteroatoms. The van der Waals surface area contributed by atoms with Crippen molar-refractivity contribution in [2.45, 2.75) is 6.54 Å². The van der Waals surface area contributed by atoms with Gasteiger partial charge in [-0.25, -0.2) is 8.78 Å². The van der Waals surface area contributed by atoms with E-state index in [0.717, 1.165) is 11.6 Å². The summed E-state index contributed by atoms with van der Waals surface area (Å²) in [6.45, 7) is 0.125. The minimum Gasteiger partial charge on any atom is -0.456 e. The van der Waals surface area contributed by atoms with Crippen molar-refractivity contribution >= 4 is 11.0 Å². The van der Waals surface area contributed by atoms with E-state index < -0.39 is 11.6 Å². The number of furan rings is 1. The summed E-state index contributed by atoms with van der Waals surface area (Å²) in [5.74, 6) is -0.899. The number of hydrogen-bond acceptors (Lipinski definition) is 2. The standard InChI is InChI=1S/C15H11F2NO/c16-10-6-11-14(9-4-2-1-3-5-9)13(8-18)19-15(11)12(17)7-10/h1-7H,8,18H2. The third-order valence-electron chi connectivity index (χ3n) is 3.03. The smallest absolute Gasteiger partial charge is 0.170 e. The predicted octanol–water partition coefficient (Wildman–Crippen LogP) is 3.84. The van der Waals surface area contributed by atoms with Gasteiger partial charge in [-0.05, 0) is 11.6 Å². The van der Waals surface area contributed by atoms with Gasteiger partial charge in [0.1, 0.15) is 11.6 Å². The van der Waals surface area contributed by atoms with Gasteiger partial charge in [-0.1, -0.05) is 30.3 Å². The van der Waals surface area contributed by atoms with E-state index in [1.54, 1.807) is 0 Å². The number of halogens is 2. The summed E-state index contributed by atoms with van der Waals surface area (Å²) in [4.78, 5) is 0. The maximum Gasteiger partial charge on any atom is 0.170 e. The van der Waals surface area contributed by atoms with Crippen molar-refractivity contribution in [3.63, 3.8) is 0 Å². The van der Waals surface area contributed by atoms with E-state index in [-0.39, 0.29) is 12.1 Å². The number of fused-ring (bicyclic) bond motifs is 1. The van der Waals surface area contributed by atoms with Gasteiger partial charge < -0.3 is 10.2 Å². The van der Waals surface area contributed by atoms with Crippen LogP contribution >= 0.6 is 0 Å². The van der Waals surface area contributed by atoms with E-state index in [0.29, 0.717) is 16.7 Å². The highest BCUT2D eigenvalue weighted by Gasteiger charge is 2.18. The Bertz CT molecular complexity index is 735. The summed E-state index contributed by atoms with van der Waals surface area (Å²) in [5, 5.41) is 0.407. The zero-order valence-corrected chi connectivity index (χ0v) is 9.99. The molecule has 1 heterocycles. The third kappa shape index (κ3) is 1.90. The highest BCUT2D eigenvalue weighted by atomic mass is 19.1. The topological polar surface area (TPSA) is 39.2 Å². The fourth-order valence-corrected chi connectivity index (χ4v) is 2.24. The molecule has 0 saturated carbocycles. The molecule has 0 aliphatic heterocycles. The Kier molecular flexibility index (Phi) is 2.80. The van der Waals surface area contributed by atoms with Crippen molar-refractivity contribution in [1.82, 2.24) is 0 Å². The van der Waals surface area contributed by atoms with Gasteiger partial charge in [-0.3, -0.25) is 0 Å². The largest absolute Gasteiger partial charge is 0.456 e. The van der Waals surface area contributed by atoms with E-state index in [1.807, 2.05) is 30.3 Å². The third-order valence-corrected chi connectivity index (χ3v) is 3.03. The lowest BCUT2D eigenvalue weighted by molar-refractivity contribution is 0.517. The van der Waals surface area contributed by atoms with Crippen LogP contribution in [-0.4, -0.2) is 0 Å². The molecule has 19 heavy (non-hydrogen) atoms. The van der Waals surface area contributed by atoms with Crippen LogP contribution in [0, 0.1) is 11.6 Å². The molecule has 0 fully saturated rings. The van der Waals surface area contributed by atoms with E-state index >= 15 is 0 Å². The van der Waals surface area contributed by atoms with Gasteiger partial charge in [0.15, 0.2) is 11.4 Å². The Morgan fingerprint density at radius 1 is 1.05 bits per heavy atom. The molecule has 0 unspecified atom stereocenters.